The first-order valence-corrected chi connectivity index (χ1v) is 7.59. The van der Waals surface area contributed by atoms with Crippen molar-refractivity contribution < 1.29 is 4.79 Å². The van der Waals surface area contributed by atoms with Crippen molar-refractivity contribution in [2.75, 3.05) is 10.6 Å². The highest BCUT2D eigenvalue weighted by Crippen LogP contribution is 2.18. The second-order valence-corrected chi connectivity index (χ2v) is 5.22. The number of para-hydroxylation sites is 1. The lowest BCUT2D eigenvalue weighted by molar-refractivity contribution is 0.102. The second-order valence-electron chi connectivity index (χ2n) is 5.22. The first-order valence-electron chi connectivity index (χ1n) is 7.59. The molecule has 7 heteroatoms. The molecule has 0 radical (unpaired) electrons. The van der Waals surface area contributed by atoms with Gasteiger partial charge in [0.05, 0.1) is 35.3 Å². The van der Waals surface area contributed by atoms with E-state index in [1.54, 1.807) is 48.5 Å². The van der Waals surface area contributed by atoms with Gasteiger partial charge < -0.3 is 10.6 Å². The molecule has 1 amide bonds. The number of benzene rings is 2. The van der Waals surface area contributed by atoms with E-state index in [1.807, 2.05) is 6.07 Å². The predicted octanol–water partition coefficient (Wildman–Crippen LogP) is 3.22. The molecule has 2 N–H and O–H groups in total. The van der Waals surface area contributed by atoms with Gasteiger partial charge in [0.15, 0.2) is 0 Å². The number of amides is 1. The molecule has 0 aliphatic rings. The third kappa shape index (κ3) is 3.81. The fourth-order valence-corrected chi connectivity index (χ4v) is 2.20. The van der Waals surface area contributed by atoms with E-state index < -0.39 is 5.91 Å². The fraction of sp³-hybridized carbons (Fsp3) is 0. The van der Waals surface area contributed by atoms with Gasteiger partial charge in [0.25, 0.3) is 5.91 Å². The Balaban J connectivity index is 1.72. The molecule has 0 aliphatic heterocycles. The average molecular weight is 340 g/mol. The van der Waals surface area contributed by atoms with Gasteiger partial charge in [-0.15, -0.1) is 0 Å². The Morgan fingerprint density at radius 2 is 1.81 bits per heavy atom. The molecule has 0 spiro atoms. The van der Waals surface area contributed by atoms with Crippen LogP contribution >= 0.6 is 0 Å². The Morgan fingerprint density at radius 1 is 0.962 bits per heavy atom. The first kappa shape index (κ1) is 16.6. The van der Waals surface area contributed by atoms with Crippen molar-refractivity contribution in [3.63, 3.8) is 0 Å². The molecular formula is C19H12N6O. The minimum atomic E-state index is -0.434. The molecule has 3 rings (SSSR count). The van der Waals surface area contributed by atoms with Crippen LogP contribution in [0.15, 0.2) is 60.9 Å². The summed E-state index contributed by atoms with van der Waals surface area (Å²) in [4.78, 5) is 20.5. The molecule has 0 atom stereocenters. The zero-order valence-electron chi connectivity index (χ0n) is 13.5. The minimum Gasteiger partial charge on any atom is -0.338 e. The number of nitriles is 2. The van der Waals surface area contributed by atoms with Gasteiger partial charge >= 0.3 is 0 Å². The normalized spacial score (nSPS) is 9.62. The molecule has 124 valence electrons. The summed E-state index contributed by atoms with van der Waals surface area (Å²) in [6.07, 6.45) is 2.75. The topological polar surface area (TPSA) is 114 Å². The maximum Gasteiger partial charge on any atom is 0.275 e. The van der Waals surface area contributed by atoms with Crippen LogP contribution in [0.4, 0.5) is 17.2 Å². The number of aromatic nitrogens is 2. The molecule has 3 aromatic rings. The van der Waals surface area contributed by atoms with E-state index >= 15 is 0 Å². The molecule has 2 aromatic carbocycles. The molecule has 0 fully saturated rings. The number of rotatable bonds is 4. The fourth-order valence-electron chi connectivity index (χ4n) is 2.20. The maximum absolute atomic E-state index is 12.2. The van der Waals surface area contributed by atoms with Crippen LogP contribution in [-0.4, -0.2) is 15.9 Å². The molecule has 26 heavy (non-hydrogen) atoms. The van der Waals surface area contributed by atoms with Gasteiger partial charge in [-0.05, 0) is 30.3 Å². The highest BCUT2D eigenvalue weighted by Gasteiger charge is 2.09. The molecule has 0 saturated heterocycles. The molecule has 0 unspecified atom stereocenters. The van der Waals surface area contributed by atoms with Gasteiger partial charge in [-0.25, -0.2) is 9.97 Å². The lowest BCUT2D eigenvalue weighted by atomic mass is 10.2. The van der Waals surface area contributed by atoms with E-state index in [9.17, 15) is 4.79 Å². The van der Waals surface area contributed by atoms with Crippen LogP contribution in [-0.2, 0) is 0 Å². The van der Waals surface area contributed by atoms with E-state index in [2.05, 4.69) is 26.7 Å². The second kappa shape index (κ2) is 7.56. The molecule has 0 bridgehead atoms. The average Bonchev–Trinajstić information content (AvgIpc) is 2.69. The van der Waals surface area contributed by atoms with Gasteiger partial charge in [0.1, 0.15) is 17.6 Å². The number of carbonyl (C=O) groups excluding carboxylic acids is 1. The van der Waals surface area contributed by atoms with Crippen LogP contribution in [0.1, 0.15) is 21.6 Å². The quantitative estimate of drug-likeness (QED) is 0.753. The van der Waals surface area contributed by atoms with Crippen LogP contribution in [0.25, 0.3) is 0 Å². The van der Waals surface area contributed by atoms with Crippen molar-refractivity contribution in [3.05, 3.63) is 77.7 Å². The van der Waals surface area contributed by atoms with Crippen molar-refractivity contribution in [1.29, 1.82) is 10.5 Å². The van der Waals surface area contributed by atoms with E-state index in [0.29, 0.717) is 28.3 Å². The summed E-state index contributed by atoms with van der Waals surface area (Å²) in [5.41, 5.74) is 2.17. The third-order valence-electron chi connectivity index (χ3n) is 3.44. The molecule has 7 nitrogen and oxygen atoms in total. The Morgan fingerprint density at radius 3 is 2.54 bits per heavy atom. The number of nitrogens with one attached hydrogen (secondary N) is 2. The smallest absolute Gasteiger partial charge is 0.275 e. The minimum absolute atomic E-state index is 0.131. The molecule has 1 aromatic heterocycles. The van der Waals surface area contributed by atoms with Crippen LogP contribution < -0.4 is 10.6 Å². The Bertz CT molecular complexity index is 1030. The van der Waals surface area contributed by atoms with Crippen molar-refractivity contribution in [2.24, 2.45) is 0 Å². The van der Waals surface area contributed by atoms with E-state index in [1.165, 1.54) is 12.4 Å². The summed E-state index contributed by atoms with van der Waals surface area (Å²) in [5.74, 6) is -0.0210. The Hall–Kier alpha value is -4.23. The van der Waals surface area contributed by atoms with Crippen LogP contribution in [0.3, 0.4) is 0 Å². The first-order chi connectivity index (χ1) is 12.7. The summed E-state index contributed by atoms with van der Waals surface area (Å²) in [7, 11) is 0. The Labute approximate surface area is 149 Å². The van der Waals surface area contributed by atoms with Gasteiger partial charge in [0.2, 0.25) is 0 Å². The zero-order valence-corrected chi connectivity index (χ0v) is 13.5. The maximum atomic E-state index is 12.2. The number of anilines is 3. The lowest BCUT2D eigenvalue weighted by Gasteiger charge is -2.08. The van der Waals surface area contributed by atoms with Gasteiger partial charge in [-0.3, -0.25) is 4.79 Å². The monoisotopic (exact) mass is 340 g/mol. The highest BCUT2D eigenvalue weighted by atomic mass is 16.1. The summed E-state index contributed by atoms with van der Waals surface area (Å²) < 4.78 is 0. The van der Waals surface area contributed by atoms with Crippen LogP contribution in [0.5, 0.6) is 0 Å². The molecular weight excluding hydrogens is 328 g/mol. The van der Waals surface area contributed by atoms with Gasteiger partial charge in [-0.2, -0.15) is 10.5 Å². The number of nitrogens with zero attached hydrogens (tertiary/aromatic N) is 4. The van der Waals surface area contributed by atoms with E-state index in [4.69, 9.17) is 10.5 Å². The van der Waals surface area contributed by atoms with Crippen molar-refractivity contribution >= 4 is 23.1 Å². The number of carbonyl (C=O) groups is 1. The Kier molecular flexibility index (Phi) is 4.83. The van der Waals surface area contributed by atoms with Gasteiger partial charge in [-0.1, -0.05) is 18.2 Å². The van der Waals surface area contributed by atoms with E-state index in [0.717, 1.165) is 0 Å². The third-order valence-corrected chi connectivity index (χ3v) is 3.44. The predicted molar refractivity (Wildman–Crippen MR) is 95.6 cm³/mol. The molecule has 0 aliphatic carbocycles. The largest absolute Gasteiger partial charge is 0.338 e. The summed E-state index contributed by atoms with van der Waals surface area (Å²) >= 11 is 0. The van der Waals surface area contributed by atoms with Crippen LogP contribution in [0.2, 0.25) is 0 Å². The SMILES string of the molecule is N#Cc1cccc(NC(=O)c2cnc(Nc3ccccc3C#N)cn2)c1. The van der Waals surface area contributed by atoms with Crippen molar-refractivity contribution in [2.45, 2.75) is 0 Å². The number of hydrogen-bond donors (Lipinski definition) is 2. The van der Waals surface area contributed by atoms with Crippen molar-refractivity contribution in [1.82, 2.24) is 9.97 Å². The molecule has 1 heterocycles. The van der Waals surface area contributed by atoms with Crippen LogP contribution in [0, 0.1) is 22.7 Å². The zero-order chi connectivity index (χ0) is 18.4. The van der Waals surface area contributed by atoms with Crippen molar-refractivity contribution in [3.8, 4) is 12.1 Å². The summed E-state index contributed by atoms with van der Waals surface area (Å²) in [6, 6.07) is 17.7. The van der Waals surface area contributed by atoms with Gasteiger partial charge in [0, 0.05) is 5.69 Å². The molecule has 0 saturated carbocycles. The van der Waals surface area contributed by atoms with E-state index in [-0.39, 0.29) is 5.69 Å². The highest BCUT2D eigenvalue weighted by molar-refractivity contribution is 6.02. The standard InChI is InChI=1S/C19H12N6O/c20-9-13-4-3-6-15(8-13)24-19(26)17-11-23-18(12-22-17)25-16-7-2-1-5-14(16)10-21/h1-8,11-12H,(H,23,25)(H,24,26). The summed E-state index contributed by atoms with van der Waals surface area (Å²) in [5, 5.41) is 23.6. The lowest BCUT2D eigenvalue weighted by Crippen LogP contribution is -2.14. The summed E-state index contributed by atoms with van der Waals surface area (Å²) in [6.45, 7) is 0. The number of hydrogen-bond acceptors (Lipinski definition) is 6.